The number of nitrogens with zero attached hydrogens (tertiary/aromatic N) is 3. The van der Waals surface area contributed by atoms with Crippen molar-refractivity contribution in [1.29, 1.82) is 0 Å². The molecular weight excluding hydrogens is 506 g/mol. The minimum atomic E-state index is -1.03. The zero-order valence-electron chi connectivity index (χ0n) is 22.7. The second-order valence-electron chi connectivity index (χ2n) is 10.9. The number of likely N-dealkylation sites (tertiary alicyclic amines) is 1. The first kappa shape index (κ1) is 26.9. The molecule has 0 aliphatic carbocycles. The summed E-state index contributed by atoms with van der Waals surface area (Å²) < 4.78 is 0. The maximum atomic E-state index is 14.0. The van der Waals surface area contributed by atoms with Gasteiger partial charge in [0.2, 0.25) is 5.91 Å². The van der Waals surface area contributed by atoms with Gasteiger partial charge >= 0.3 is 18.0 Å². The van der Waals surface area contributed by atoms with Gasteiger partial charge in [0, 0.05) is 30.4 Å². The number of carbonyl (C=O) groups is 4. The Morgan fingerprint density at radius 2 is 1.80 bits per heavy atom. The van der Waals surface area contributed by atoms with Crippen LogP contribution in [-0.2, 0) is 24.6 Å². The first-order valence-electron chi connectivity index (χ1n) is 13.3. The van der Waals surface area contributed by atoms with Gasteiger partial charge in [-0.1, -0.05) is 68.4 Å². The lowest BCUT2D eigenvalue weighted by Gasteiger charge is -2.31. The van der Waals surface area contributed by atoms with Crippen LogP contribution in [-0.4, -0.2) is 59.2 Å². The van der Waals surface area contributed by atoms with E-state index in [-0.39, 0.29) is 24.8 Å². The molecule has 0 radical (unpaired) electrons. The van der Waals surface area contributed by atoms with E-state index >= 15 is 0 Å². The highest BCUT2D eigenvalue weighted by Crippen LogP contribution is 2.47. The van der Waals surface area contributed by atoms with Gasteiger partial charge in [0.25, 0.3) is 5.91 Å². The van der Waals surface area contributed by atoms with E-state index in [1.54, 1.807) is 12.1 Å². The Balaban J connectivity index is 1.40. The van der Waals surface area contributed by atoms with Crippen LogP contribution in [0.2, 0.25) is 0 Å². The number of likely N-dealkylation sites (N-methyl/N-ethyl adjacent to an activating group) is 1. The number of nitrogens with one attached hydrogen (secondary N) is 2. The Morgan fingerprint density at radius 1 is 1.10 bits per heavy atom. The van der Waals surface area contributed by atoms with Gasteiger partial charge in [-0.2, -0.15) is 0 Å². The molecule has 9 nitrogen and oxygen atoms in total. The van der Waals surface area contributed by atoms with Gasteiger partial charge in [0.05, 0.1) is 6.42 Å². The van der Waals surface area contributed by atoms with Crippen molar-refractivity contribution in [2.75, 3.05) is 24.2 Å². The number of para-hydroxylation sites is 1. The van der Waals surface area contributed by atoms with Gasteiger partial charge in [-0.15, -0.1) is 0 Å². The molecule has 1 saturated heterocycles. The van der Waals surface area contributed by atoms with Crippen LogP contribution in [0.5, 0.6) is 0 Å². The molecule has 3 aromatic rings. The van der Waals surface area contributed by atoms with Crippen molar-refractivity contribution in [3.05, 3.63) is 83.7 Å². The fraction of sp³-hybridized carbons (Fsp3) is 0.323. The summed E-state index contributed by atoms with van der Waals surface area (Å²) in [7, 11) is 1.44. The molecule has 0 unspecified atom stereocenters. The molecule has 1 fully saturated rings. The van der Waals surface area contributed by atoms with Crippen molar-refractivity contribution in [2.45, 2.75) is 44.3 Å². The Labute approximate surface area is 233 Å². The molecule has 0 saturated carbocycles. The number of rotatable bonds is 5. The summed E-state index contributed by atoms with van der Waals surface area (Å²) in [5, 5.41) is 7.30. The summed E-state index contributed by atoms with van der Waals surface area (Å²) in [6.45, 7) is 11.7. The summed E-state index contributed by atoms with van der Waals surface area (Å²) in [6.07, 6.45) is -0.412. The predicted molar refractivity (Wildman–Crippen MR) is 152 cm³/mol. The molecule has 2 N–H and O–H groups in total. The van der Waals surface area contributed by atoms with E-state index in [1.165, 1.54) is 11.9 Å². The van der Waals surface area contributed by atoms with Gasteiger partial charge < -0.3 is 15.5 Å². The maximum absolute atomic E-state index is 14.0. The van der Waals surface area contributed by atoms with Crippen LogP contribution in [0.3, 0.4) is 0 Å². The van der Waals surface area contributed by atoms with Crippen molar-refractivity contribution >= 4 is 45.8 Å². The fourth-order valence-corrected chi connectivity index (χ4v) is 5.83. The Bertz CT molecular complexity index is 1560. The monoisotopic (exact) mass is 537 g/mol. The van der Waals surface area contributed by atoms with E-state index in [9.17, 15) is 19.2 Å². The molecular formula is C31H31N5O4. The lowest BCUT2D eigenvalue weighted by atomic mass is 9.80. The van der Waals surface area contributed by atoms with Gasteiger partial charge in [0.1, 0.15) is 11.5 Å². The number of anilines is 2. The van der Waals surface area contributed by atoms with Crippen molar-refractivity contribution in [1.82, 2.24) is 9.80 Å². The van der Waals surface area contributed by atoms with E-state index in [2.05, 4.69) is 15.5 Å². The highest BCUT2D eigenvalue weighted by Gasteiger charge is 2.59. The van der Waals surface area contributed by atoms with Crippen LogP contribution < -0.4 is 10.6 Å². The highest BCUT2D eigenvalue weighted by molar-refractivity contribution is 6.40. The second-order valence-corrected chi connectivity index (χ2v) is 10.9. The number of carbonyl (C=O) groups excluding carboxylic acids is 4. The average Bonchev–Trinajstić information content (AvgIpc) is 3.48. The zero-order valence-corrected chi connectivity index (χ0v) is 22.7. The average molecular weight is 538 g/mol. The molecule has 2 heterocycles. The second kappa shape index (κ2) is 10.5. The molecule has 1 spiro atoms. The third-order valence-corrected chi connectivity index (χ3v) is 7.89. The van der Waals surface area contributed by atoms with E-state index in [0.29, 0.717) is 17.8 Å². The van der Waals surface area contributed by atoms with E-state index in [1.807, 2.05) is 68.4 Å². The normalized spacial score (nSPS) is 20.2. The molecule has 0 bridgehead atoms. The molecule has 4 amide bonds. The van der Waals surface area contributed by atoms with Crippen molar-refractivity contribution in [2.24, 2.45) is 5.92 Å². The number of hydrogen-bond acceptors (Lipinski definition) is 4. The molecule has 40 heavy (non-hydrogen) atoms. The quantitative estimate of drug-likeness (QED) is 0.379. The number of hydrogen-bond donors (Lipinski definition) is 2. The molecule has 2 aliphatic heterocycles. The van der Waals surface area contributed by atoms with Crippen LogP contribution in [0.1, 0.15) is 32.3 Å². The first-order valence-corrected chi connectivity index (χ1v) is 13.3. The van der Waals surface area contributed by atoms with Gasteiger partial charge in [-0.25, -0.2) is 6.57 Å². The third-order valence-electron chi connectivity index (χ3n) is 7.89. The van der Waals surface area contributed by atoms with Crippen LogP contribution in [0.25, 0.3) is 15.6 Å². The molecule has 9 heteroatoms. The predicted octanol–water partition coefficient (Wildman–Crippen LogP) is 4.02. The zero-order chi connectivity index (χ0) is 28.6. The third kappa shape index (κ3) is 4.56. The van der Waals surface area contributed by atoms with Gasteiger partial charge in [-0.3, -0.25) is 28.9 Å². The Morgan fingerprint density at radius 3 is 2.55 bits per heavy atom. The SMILES string of the molecule is [C-]#[N+][C@@H]1C[C@@]2(CN1C(=O)[C@H](CC(C)C)N(C)C(=O)C(=O)Nc1cccc3ccccc13)C(=O)Nc1ccccc12. The fourth-order valence-electron chi connectivity index (χ4n) is 5.83. The molecule has 5 rings (SSSR count). The minimum absolute atomic E-state index is 0.0174. The van der Waals surface area contributed by atoms with Gasteiger partial charge in [0.15, 0.2) is 0 Å². The summed E-state index contributed by atoms with van der Waals surface area (Å²) in [4.78, 5) is 59.9. The van der Waals surface area contributed by atoms with Crippen molar-refractivity contribution in [3.8, 4) is 0 Å². The summed E-state index contributed by atoms with van der Waals surface area (Å²) >= 11 is 0. The topological polar surface area (TPSA) is 103 Å². The summed E-state index contributed by atoms with van der Waals surface area (Å²) in [6, 6.07) is 19.3. The van der Waals surface area contributed by atoms with Crippen molar-refractivity contribution < 1.29 is 19.2 Å². The Hall–Kier alpha value is -4.71. The molecule has 3 aromatic carbocycles. The summed E-state index contributed by atoms with van der Waals surface area (Å²) in [5.41, 5.74) is 0.917. The largest absolute Gasteiger partial charge is 0.325 e. The smallest absolute Gasteiger partial charge is 0.313 e. The summed E-state index contributed by atoms with van der Waals surface area (Å²) in [5.74, 6) is -2.38. The first-order chi connectivity index (χ1) is 19.2. The van der Waals surface area contributed by atoms with Crippen LogP contribution in [0.4, 0.5) is 11.4 Å². The minimum Gasteiger partial charge on any atom is -0.325 e. The lowest BCUT2D eigenvalue weighted by Crippen LogP contribution is -2.53. The Kier molecular flexibility index (Phi) is 7.03. The highest BCUT2D eigenvalue weighted by atomic mass is 16.2. The molecule has 0 aromatic heterocycles. The van der Waals surface area contributed by atoms with Crippen LogP contribution in [0, 0.1) is 12.5 Å². The van der Waals surface area contributed by atoms with E-state index in [0.717, 1.165) is 21.2 Å². The lowest BCUT2D eigenvalue weighted by molar-refractivity contribution is -0.149. The van der Waals surface area contributed by atoms with Crippen LogP contribution in [0.15, 0.2) is 66.7 Å². The number of amides is 4. The molecule has 204 valence electrons. The van der Waals surface area contributed by atoms with Gasteiger partial charge in [-0.05, 0) is 35.4 Å². The number of benzene rings is 3. The molecule has 3 atom stereocenters. The number of fused-ring (bicyclic) bond motifs is 3. The molecule has 2 aliphatic rings. The standard InChI is InChI=1S/C31H31N5O4/c1-19(2)16-25(35(4)29(39)27(37)33-23-15-9-11-20-10-5-6-12-21(20)23)28(38)36-18-31(17-26(36)32-3)22-13-7-8-14-24(22)34-30(31)40/h5-15,19,25-26H,16-18H2,1-2,4H3,(H,33,37)(H,34,40)/t25-,26-,31-/m0/s1. The maximum Gasteiger partial charge on any atom is 0.313 e. The van der Waals surface area contributed by atoms with E-state index < -0.39 is 35.3 Å². The van der Waals surface area contributed by atoms with E-state index in [4.69, 9.17) is 6.57 Å². The van der Waals surface area contributed by atoms with Crippen LogP contribution >= 0.6 is 0 Å². The van der Waals surface area contributed by atoms with Crippen molar-refractivity contribution in [3.63, 3.8) is 0 Å².